The molecule has 0 amide bonds. The molecule has 194 valence electrons. The Morgan fingerprint density at radius 2 is 0.677 bits per heavy atom. The first-order chi connectivity index (χ1) is 13.4. The van der Waals surface area contributed by atoms with Crippen molar-refractivity contribution in [2.75, 3.05) is 34.5 Å². The van der Waals surface area contributed by atoms with E-state index in [2.05, 4.69) is 75.8 Å². The van der Waals surface area contributed by atoms with Gasteiger partial charge in [0.1, 0.15) is 0 Å². The minimum absolute atomic E-state index is 0. The van der Waals surface area contributed by atoms with E-state index in [-0.39, 0.29) is 74.7 Å². The molecule has 0 saturated heterocycles. The van der Waals surface area contributed by atoms with E-state index < -0.39 is 30.4 Å². The van der Waals surface area contributed by atoms with Gasteiger partial charge in [0.05, 0.1) is 30.4 Å². The van der Waals surface area contributed by atoms with E-state index in [1.165, 1.54) is 0 Å². The standard InChI is InChI=1S/3C4H10O3S3.Au/c3*5-10(6,7)2-1-4(9)3-8;/h3*4,8-9H,1-3H2,(H,5,6,7);/q;;;+3/p-3. The van der Waals surface area contributed by atoms with Gasteiger partial charge in [0.25, 0.3) is 0 Å². The van der Waals surface area contributed by atoms with Gasteiger partial charge in [0.2, 0.25) is 0 Å². The van der Waals surface area contributed by atoms with Crippen molar-refractivity contribution in [3.05, 3.63) is 0 Å². The second kappa shape index (κ2) is 21.8. The Morgan fingerprint density at radius 3 is 0.774 bits per heavy atom. The Labute approximate surface area is 234 Å². The number of hydrogen-bond donors (Lipinski definition) is 6. The summed E-state index contributed by atoms with van der Waals surface area (Å²) in [4.78, 5) is 0. The van der Waals surface area contributed by atoms with E-state index >= 15 is 0 Å². The maximum Gasteiger partial charge on any atom is 3.00 e. The van der Waals surface area contributed by atoms with Crippen molar-refractivity contribution in [2.45, 2.75) is 35.0 Å². The summed E-state index contributed by atoms with van der Waals surface area (Å²) in [6.07, 6.45) is 0.829. The molecule has 0 aliphatic heterocycles. The van der Waals surface area contributed by atoms with Crippen LogP contribution < -0.4 is 0 Å². The zero-order valence-electron chi connectivity index (χ0n) is 16.0. The van der Waals surface area contributed by atoms with Gasteiger partial charge in [0, 0.05) is 50.3 Å². The second-order valence-corrected chi connectivity index (χ2v) is 13.5. The molecule has 3 unspecified atom stereocenters. The van der Waals surface area contributed by atoms with Crippen LogP contribution in [-0.2, 0) is 52.7 Å². The third kappa shape index (κ3) is 43.1. The number of rotatable bonds is 12. The molecule has 19 heteroatoms. The molecule has 0 radical (unpaired) electrons. The van der Waals surface area contributed by atoms with Gasteiger partial charge in [-0.3, -0.25) is 0 Å². The van der Waals surface area contributed by atoms with Crippen LogP contribution in [0.5, 0.6) is 0 Å². The molecule has 0 aromatic carbocycles. The first kappa shape index (κ1) is 40.7. The fraction of sp³-hybridized carbons (Fsp3) is 1.00. The summed E-state index contributed by atoms with van der Waals surface area (Å²) in [6.45, 7) is 0. The van der Waals surface area contributed by atoms with Crippen LogP contribution in [0, 0.1) is 0 Å². The van der Waals surface area contributed by atoms with Crippen molar-refractivity contribution in [1.29, 1.82) is 0 Å². The van der Waals surface area contributed by atoms with Gasteiger partial charge in [-0.25, -0.2) is 25.3 Å². The Balaban J connectivity index is -0.000000174. The van der Waals surface area contributed by atoms with Gasteiger partial charge in [-0.1, -0.05) is 0 Å². The van der Waals surface area contributed by atoms with Crippen LogP contribution in [-0.4, -0.2) is 89.2 Å². The molecule has 0 bridgehead atoms. The molecule has 0 aliphatic rings. The fourth-order valence-corrected chi connectivity index (χ4v) is 4.29. The Hall–Kier alpha value is 2.57. The molecule has 31 heavy (non-hydrogen) atoms. The average molecular weight is 801 g/mol. The summed E-state index contributed by atoms with van der Waals surface area (Å²) in [5.74, 6) is 0.418. The maximum atomic E-state index is 10.0. The van der Waals surface area contributed by atoms with Crippen molar-refractivity contribution in [3.8, 4) is 0 Å². The van der Waals surface area contributed by atoms with Gasteiger partial charge in [-0.2, -0.15) is 75.8 Å². The van der Waals surface area contributed by atoms with E-state index in [1.54, 1.807) is 0 Å². The van der Waals surface area contributed by atoms with E-state index in [9.17, 15) is 38.9 Å². The molecule has 0 fully saturated rings. The van der Waals surface area contributed by atoms with Crippen molar-refractivity contribution < 1.29 is 61.3 Å². The molecule has 0 aromatic rings. The second-order valence-electron chi connectivity index (χ2n) is 5.66. The summed E-state index contributed by atoms with van der Waals surface area (Å²) in [5.41, 5.74) is 0. The van der Waals surface area contributed by atoms with Crippen LogP contribution in [0.15, 0.2) is 0 Å². The summed E-state index contributed by atoms with van der Waals surface area (Å²) >= 11 is 23.5. The van der Waals surface area contributed by atoms with Crippen molar-refractivity contribution >= 4 is 106 Å². The maximum absolute atomic E-state index is 10.0. The first-order valence-corrected chi connectivity index (χ1v) is 16.2. The third-order valence-corrected chi connectivity index (χ3v) is 8.45. The zero-order valence-corrected chi connectivity index (χ0v) is 26.0. The minimum atomic E-state index is -4.06. The van der Waals surface area contributed by atoms with Crippen LogP contribution in [0.25, 0.3) is 0 Å². The molecule has 9 nitrogen and oxygen atoms in total. The Morgan fingerprint density at radius 1 is 0.516 bits per heavy atom. The normalized spacial score (nSPS) is 14.6. The molecule has 0 N–H and O–H groups in total. The fourth-order valence-electron chi connectivity index (χ4n) is 1.11. The van der Waals surface area contributed by atoms with Crippen LogP contribution in [0.4, 0.5) is 0 Å². The molecule has 0 heterocycles. The molecule has 0 rings (SSSR count). The number of thiol groups is 6. The summed E-state index contributed by atoms with van der Waals surface area (Å²) in [6, 6.07) is 0. The minimum Gasteiger partial charge on any atom is -0.748 e. The summed E-state index contributed by atoms with van der Waals surface area (Å²) in [5, 5.41) is -0.314. The molecular formula is C12H27AuO9S9. The predicted octanol–water partition coefficient (Wildman–Crippen LogP) is 0.447. The predicted molar refractivity (Wildman–Crippen MR) is 137 cm³/mol. The van der Waals surface area contributed by atoms with Gasteiger partial charge < -0.3 is 13.7 Å². The van der Waals surface area contributed by atoms with Crippen LogP contribution in [0.2, 0.25) is 0 Å². The van der Waals surface area contributed by atoms with Crippen LogP contribution >= 0.6 is 75.8 Å². The van der Waals surface area contributed by atoms with Gasteiger partial charge >= 0.3 is 22.4 Å². The van der Waals surface area contributed by atoms with Gasteiger partial charge in [-0.05, 0) is 19.3 Å². The Bertz CT molecular complexity index is 629. The molecule has 0 aromatic heterocycles. The summed E-state index contributed by atoms with van der Waals surface area (Å²) < 4.78 is 90.3. The van der Waals surface area contributed by atoms with Gasteiger partial charge in [0.15, 0.2) is 0 Å². The largest absolute Gasteiger partial charge is 3.00 e. The first-order valence-electron chi connectivity index (χ1n) is 8.04. The monoisotopic (exact) mass is 800 g/mol. The SMILES string of the molecule is O=S(=O)([O-])CCC(S)CS.O=S(=O)([O-])CCC(S)CS.O=S(=O)([O-])CCC(S)CS.[Au+3]. The molecule has 0 aliphatic carbocycles. The topological polar surface area (TPSA) is 172 Å². The van der Waals surface area contributed by atoms with Gasteiger partial charge in [-0.15, -0.1) is 0 Å². The molecule has 3 atom stereocenters. The van der Waals surface area contributed by atoms with E-state index in [0.717, 1.165) is 0 Å². The van der Waals surface area contributed by atoms with Crippen LogP contribution in [0.1, 0.15) is 19.3 Å². The Kier molecular flexibility index (Phi) is 28.7. The zero-order chi connectivity index (χ0) is 24.6. The molecule has 0 saturated carbocycles. The van der Waals surface area contributed by atoms with Crippen molar-refractivity contribution in [1.82, 2.24) is 0 Å². The number of hydrogen-bond acceptors (Lipinski definition) is 15. The van der Waals surface area contributed by atoms with Crippen LogP contribution in [0.3, 0.4) is 0 Å². The average Bonchev–Trinajstić information content (AvgIpc) is 2.61. The van der Waals surface area contributed by atoms with E-state index in [0.29, 0.717) is 17.3 Å². The van der Waals surface area contributed by atoms with E-state index in [4.69, 9.17) is 0 Å². The quantitative estimate of drug-likeness (QED) is 0.0933. The summed E-state index contributed by atoms with van der Waals surface area (Å²) in [7, 11) is -12.2. The third-order valence-electron chi connectivity index (χ3n) is 2.74. The molecule has 0 spiro atoms. The smallest absolute Gasteiger partial charge is 0.748 e. The van der Waals surface area contributed by atoms with E-state index in [1.807, 2.05) is 0 Å². The van der Waals surface area contributed by atoms with Crippen molar-refractivity contribution in [2.24, 2.45) is 0 Å². The molecular weight excluding hydrogens is 774 g/mol. The van der Waals surface area contributed by atoms with Crippen molar-refractivity contribution in [3.63, 3.8) is 0 Å².